The van der Waals surface area contributed by atoms with Crippen LogP contribution in [0.4, 0.5) is 10.1 Å². The molecule has 4 rings (SSSR count). The zero-order valence-electron chi connectivity index (χ0n) is 18.2. The maximum absolute atomic E-state index is 13.4. The lowest BCUT2D eigenvalue weighted by Crippen LogP contribution is -2.48. The van der Waals surface area contributed by atoms with Crippen molar-refractivity contribution >= 4 is 21.5 Å². The number of piperazine rings is 1. The Kier molecular flexibility index (Phi) is 5.87. The van der Waals surface area contributed by atoms with Crippen LogP contribution in [0, 0.1) is 19.7 Å². The molecule has 2 heterocycles. The number of hydrogen-bond donors (Lipinski definition) is 0. The van der Waals surface area contributed by atoms with Crippen molar-refractivity contribution in [2.24, 2.45) is 0 Å². The highest BCUT2D eigenvalue weighted by Crippen LogP contribution is 2.27. The molecule has 0 amide bonds. The van der Waals surface area contributed by atoms with Crippen LogP contribution in [0.15, 0.2) is 53.4 Å². The molecule has 1 saturated heterocycles. The second kappa shape index (κ2) is 8.48. The maximum atomic E-state index is 13.4. The predicted octanol–water partition coefficient (Wildman–Crippen LogP) is 3.34. The van der Waals surface area contributed by atoms with E-state index in [1.54, 1.807) is 38.1 Å². The van der Waals surface area contributed by atoms with E-state index >= 15 is 0 Å². The fraction of sp³-hybridized carbons (Fsp3) is 0.304. The van der Waals surface area contributed by atoms with Crippen LogP contribution in [-0.2, 0) is 10.0 Å². The Hall–Kier alpha value is -3.04. The summed E-state index contributed by atoms with van der Waals surface area (Å²) >= 11 is 0. The van der Waals surface area contributed by atoms with Gasteiger partial charge in [-0.25, -0.2) is 17.5 Å². The van der Waals surface area contributed by atoms with Gasteiger partial charge in [-0.2, -0.15) is 9.40 Å². The molecule has 3 aromatic rings. The number of anilines is 1. The van der Waals surface area contributed by atoms with Gasteiger partial charge in [-0.05, 0) is 69.3 Å². The van der Waals surface area contributed by atoms with Crippen molar-refractivity contribution in [1.29, 1.82) is 0 Å². The Balaban J connectivity index is 1.54. The van der Waals surface area contributed by atoms with Crippen molar-refractivity contribution < 1.29 is 17.6 Å². The lowest BCUT2D eigenvalue weighted by Gasteiger charge is -2.35. The summed E-state index contributed by atoms with van der Waals surface area (Å²) in [6.07, 6.45) is 0. The first kappa shape index (κ1) is 22.2. The molecule has 0 atom stereocenters. The molecule has 1 aliphatic heterocycles. The second-order valence-electron chi connectivity index (χ2n) is 7.88. The smallest absolute Gasteiger partial charge is 0.246 e. The van der Waals surface area contributed by atoms with E-state index in [1.807, 2.05) is 12.1 Å². The minimum absolute atomic E-state index is 0.0133. The highest BCUT2D eigenvalue weighted by molar-refractivity contribution is 7.89. The molecule has 32 heavy (non-hydrogen) atoms. The molecule has 168 valence electrons. The Morgan fingerprint density at radius 3 is 2.03 bits per heavy atom. The van der Waals surface area contributed by atoms with Crippen molar-refractivity contribution in [2.75, 3.05) is 31.1 Å². The number of hydrogen-bond acceptors (Lipinski definition) is 5. The van der Waals surface area contributed by atoms with E-state index in [9.17, 15) is 17.6 Å². The molecular formula is C23H25FN4O3S. The molecule has 2 aromatic carbocycles. The van der Waals surface area contributed by atoms with E-state index in [4.69, 9.17) is 0 Å². The molecule has 7 nitrogen and oxygen atoms in total. The van der Waals surface area contributed by atoms with Crippen LogP contribution >= 0.6 is 0 Å². The highest BCUT2D eigenvalue weighted by atomic mass is 32.2. The van der Waals surface area contributed by atoms with Gasteiger partial charge in [-0.15, -0.1) is 0 Å². The standard InChI is InChI=1S/C23H25FN4O3S/c1-16-23(17(2)28(25-16)22-10-6-20(24)7-11-22)32(30,31)27-14-12-26(13-15-27)21-8-4-19(5-9-21)18(3)29/h4-11H,12-15H2,1-3H3. The largest absolute Gasteiger partial charge is 0.369 e. The summed E-state index contributed by atoms with van der Waals surface area (Å²) < 4.78 is 43.2. The topological polar surface area (TPSA) is 75.5 Å². The minimum Gasteiger partial charge on any atom is -0.369 e. The molecule has 9 heteroatoms. The third kappa shape index (κ3) is 4.05. The first-order valence-corrected chi connectivity index (χ1v) is 11.8. The van der Waals surface area contributed by atoms with Gasteiger partial charge in [0.1, 0.15) is 10.7 Å². The van der Waals surface area contributed by atoms with Crippen LogP contribution in [-0.4, -0.2) is 54.5 Å². The summed E-state index contributed by atoms with van der Waals surface area (Å²) in [7, 11) is -3.74. The number of benzene rings is 2. The predicted molar refractivity (Wildman–Crippen MR) is 120 cm³/mol. The van der Waals surface area contributed by atoms with Gasteiger partial charge < -0.3 is 4.90 Å². The Morgan fingerprint density at radius 2 is 1.47 bits per heavy atom. The number of rotatable bonds is 5. The van der Waals surface area contributed by atoms with E-state index < -0.39 is 10.0 Å². The monoisotopic (exact) mass is 456 g/mol. The van der Waals surface area contributed by atoms with E-state index in [1.165, 1.54) is 28.0 Å². The lowest BCUT2D eigenvalue weighted by atomic mass is 10.1. The van der Waals surface area contributed by atoms with Crippen molar-refractivity contribution in [2.45, 2.75) is 25.7 Å². The van der Waals surface area contributed by atoms with Gasteiger partial charge in [-0.1, -0.05) is 0 Å². The molecule has 0 N–H and O–H groups in total. The van der Waals surface area contributed by atoms with Crippen molar-refractivity contribution in [3.05, 3.63) is 71.3 Å². The average molecular weight is 457 g/mol. The van der Waals surface area contributed by atoms with Crippen LogP contribution in [0.3, 0.4) is 0 Å². The van der Waals surface area contributed by atoms with E-state index in [0.717, 1.165) is 5.69 Å². The SMILES string of the molecule is CC(=O)c1ccc(N2CCN(S(=O)(=O)c3c(C)nn(-c4ccc(F)cc4)c3C)CC2)cc1. The summed E-state index contributed by atoms with van der Waals surface area (Å²) in [5, 5.41) is 4.41. The number of aryl methyl sites for hydroxylation is 1. The lowest BCUT2D eigenvalue weighted by molar-refractivity contribution is 0.101. The fourth-order valence-electron chi connectivity index (χ4n) is 4.06. The number of carbonyl (C=O) groups is 1. The molecule has 1 fully saturated rings. The van der Waals surface area contributed by atoms with E-state index in [0.29, 0.717) is 48.8 Å². The molecule has 0 spiro atoms. The Labute approximate surface area is 187 Å². The molecule has 0 bridgehead atoms. The molecule has 1 aromatic heterocycles. The number of nitrogens with zero attached hydrogens (tertiary/aromatic N) is 4. The quantitative estimate of drug-likeness (QED) is 0.551. The van der Waals surface area contributed by atoms with Gasteiger partial charge in [0.05, 0.1) is 17.1 Å². The average Bonchev–Trinajstić information content (AvgIpc) is 3.09. The zero-order chi connectivity index (χ0) is 23.0. The number of carbonyl (C=O) groups excluding carboxylic acids is 1. The molecular weight excluding hydrogens is 431 g/mol. The maximum Gasteiger partial charge on any atom is 0.246 e. The van der Waals surface area contributed by atoms with Crippen LogP contribution in [0.1, 0.15) is 28.7 Å². The van der Waals surface area contributed by atoms with Gasteiger partial charge in [0.2, 0.25) is 10.0 Å². The number of ketones is 1. The summed E-state index contributed by atoms with van der Waals surface area (Å²) in [5.74, 6) is -0.351. The van der Waals surface area contributed by atoms with Gasteiger partial charge in [0.25, 0.3) is 0 Å². The van der Waals surface area contributed by atoms with Crippen molar-refractivity contribution in [3.63, 3.8) is 0 Å². The number of halogens is 1. The Morgan fingerprint density at radius 1 is 0.906 bits per heavy atom. The summed E-state index contributed by atoms with van der Waals surface area (Å²) in [5.41, 5.74) is 3.13. The van der Waals surface area contributed by atoms with Crippen LogP contribution in [0.2, 0.25) is 0 Å². The first-order valence-electron chi connectivity index (χ1n) is 10.4. The van der Waals surface area contributed by atoms with Crippen LogP contribution in [0.5, 0.6) is 0 Å². The minimum atomic E-state index is -3.74. The molecule has 1 aliphatic rings. The molecule has 0 saturated carbocycles. The summed E-state index contributed by atoms with van der Waals surface area (Å²) in [6, 6.07) is 13.1. The van der Waals surface area contributed by atoms with Crippen molar-refractivity contribution in [1.82, 2.24) is 14.1 Å². The van der Waals surface area contributed by atoms with Crippen LogP contribution < -0.4 is 4.90 Å². The number of aromatic nitrogens is 2. The second-order valence-corrected chi connectivity index (χ2v) is 9.76. The van der Waals surface area contributed by atoms with Gasteiger partial charge >= 0.3 is 0 Å². The van der Waals surface area contributed by atoms with Gasteiger partial charge in [-0.3, -0.25) is 4.79 Å². The Bertz CT molecular complexity index is 1240. The first-order chi connectivity index (χ1) is 15.2. The van der Waals surface area contributed by atoms with Gasteiger partial charge in [0.15, 0.2) is 5.78 Å². The number of Topliss-reactive ketones (excluding diaryl/α,β-unsaturated/α-hetero) is 1. The van der Waals surface area contributed by atoms with Gasteiger partial charge in [0, 0.05) is 37.4 Å². The molecule has 0 unspecified atom stereocenters. The summed E-state index contributed by atoms with van der Waals surface area (Å²) in [4.78, 5) is 13.8. The highest BCUT2D eigenvalue weighted by Gasteiger charge is 2.33. The van der Waals surface area contributed by atoms with Crippen molar-refractivity contribution in [3.8, 4) is 5.69 Å². The molecule has 0 aliphatic carbocycles. The fourth-order valence-corrected chi connectivity index (χ4v) is 5.83. The third-order valence-electron chi connectivity index (χ3n) is 5.77. The van der Waals surface area contributed by atoms with E-state index in [2.05, 4.69) is 10.00 Å². The van der Waals surface area contributed by atoms with E-state index in [-0.39, 0.29) is 16.5 Å². The summed E-state index contributed by atoms with van der Waals surface area (Å²) in [6.45, 7) is 6.69. The zero-order valence-corrected chi connectivity index (χ0v) is 19.1. The normalized spacial score (nSPS) is 15.2. The molecule has 0 radical (unpaired) electrons. The van der Waals surface area contributed by atoms with Crippen LogP contribution in [0.25, 0.3) is 5.69 Å². The third-order valence-corrected chi connectivity index (χ3v) is 7.92. The number of sulfonamides is 1.